The molecule has 16 heavy (non-hydrogen) atoms. The number of amides is 1. The smallest absolute Gasteiger partial charge is 0.364 e. The lowest BCUT2D eigenvalue weighted by molar-refractivity contribution is -0.201. The molecule has 2 aromatic heterocycles. The summed E-state index contributed by atoms with van der Waals surface area (Å²) in [6, 6.07) is 0.917. The highest BCUT2D eigenvalue weighted by Crippen LogP contribution is 2.29. The largest absolute Gasteiger partial charge is 0.489 e. The Bertz CT molecular complexity index is 561. The van der Waals surface area contributed by atoms with Gasteiger partial charge >= 0.3 is 6.30 Å². The van der Waals surface area contributed by atoms with Crippen LogP contribution in [0.25, 0.3) is 11.0 Å². The van der Waals surface area contributed by atoms with E-state index >= 15 is 0 Å². The van der Waals surface area contributed by atoms with E-state index in [0.717, 1.165) is 12.3 Å². The van der Waals surface area contributed by atoms with Crippen molar-refractivity contribution in [2.24, 2.45) is 5.73 Å². The van der Waals surface area contributed by atoms with Gasteiger partial charge in [-0.25, -0.2) is 4.57 Å². The molecule has 0 aromatic carbocycles. The fourth-order valence-electron chi connectivity index (χ4n) is 1.33. The summed E-state index contributed by atoms with van der Waals surface area (Å²) in [6.45, 7) is 0. The van der Waals surface area contributed by atoms with Gasteiger partial charge < -0.3 is 5.73 Å². The number of aromatic nitrogens is 4. The minimum atomic E-state index is -4.77. The molecular formula is C7H4F3N5O. The minimum Gasteiger partial charge on any atom is -0.364 e. The summed E-state index contributed by atoms with van der Waals surface area (Å²) in [5.41, 5.74) is 3.68. The van der Waals surface area contributed by atoms with Gasteiger partial charge in [0.1, 0.15) is 11.2 Å². The molecule has 0 aliphatic rings. The number of carbonyl (C=O) groups is 1. The molecule has 0 radical (unpaired) electrons. The fraction of sp³-hybridized carbons (Fsp3) is 0.143. The van der Waals surface area contributed by atoms with E-state index in [1.165, 1.54) is 0 Å². The van der Waals surface area contributed by atoms with E-state index in [-0.39, 0.29) is 15.6 Å². The molecular weight excluding hydrogens is 227 g/mol. The van der Waals surface area contributed by atoms with Crippen LogP contribution in [0.1, 0.15) is 10.5 Å². The number of hydrogen-bond donors (Lipinski definition) is 1. The van der Waals surface area contributed by atoms with Gasteiger partial charge in [0, 0.05) is 0 Å². The maximum absolute atomic E-state index is 12.7. The summed E-state index contributed by atoms with van der Waals surface area (Å²) in [4.78, 5) is 10.9. The molecule has 0 aliphatic heterocycles. The minimum absolute atomic E-state index is 0.0962. The number of halogens is 3. The highest BCUT2D eigenvalue weighted by molar-refractivity contribution is 5.96. The number of primary amides is 1. The van der Waals surface area contributed by atoms with Crippen LogP contribution in [0, 0.1) is 0 Å². The molecule has 0 saturated heterocycles. The Morgan fingerprint density at radius 3 is 2.69 bits per heavy atom. The van der Waals surface area contributed by atoms with Crippen molar-refractivity contribution in [3.05, 3.63) is 18.0 Å². The summed E-state index contributed by atoms with van der Waals surface area (Å²) >= 11 is 0. The van der Waals surface area contributed by atoms with Crippen molar-refractivity contribution in [3.63, 3.8) is 0 Å². The van der Waals surface area contributed by atoms with Crippen LogP contribution in [0.4, 0.5) is 13.2 Å². The molecule has 0 spiro atoms. The SMILES string of the molecule is NC(=O)c1cc2nnncc2n1C(F)(F)F. The van der Waals surface area contributed by atoms with E-state index in [9.17, 15) is 18.0 Å². The first-order valence-electron chi connectivity index (χ1n) is 3.98. The van der Waals surface area contributed by atoms with Crippen LogP contribution in [0.5, 0.6) is 0 Å². The van der Waals surface area contributed by atoms with Crippen LogP contribution in [0.3, 0.4) is 0 Å². The fourth-order valence-corrected chi connectivity index (χ4v) is 1.33. The third-order valence-electron chi connectivity index (χ3n) is 1.91. The van der Waals surface area contributed by atoms with E-state index in [2.05, 4.69) is 15.4 Å². The van der Waals surface area contributed by atoms with Crippen molar-refractivity contribution in [2.45, 2.75) is 6.30 Å². The molecule has 2 N–H and O–H groups in total. The van der Waals surface area contributed by atoms with E-state index in [4.69, 9.17) is 5.73 Å². The molecule has 0 atom stereocenters. The lowest BCUT2D eigenvalue weighted by Gasteiger charge is -2.11. The second-order valence-corrected chi connectivity index (χ2v) is 2.90. The van der Waals surface area contributed by atoms with Gasteiger partial charge in [0.2, 0.25) is 0 Å². The van der Waals surface area contributed by atoms with Gasteiger partial charge in [-0.05, 0) is 11.3 Å². The van der Waals surface area contributed by atoms with E-state index in [1.54, 1.807) is 0 Å². The Labute approximate surface area is 85.9 Å². The van der Waals surface area contributed by atoms with Crippen LogP contribution < -0.4 is 5.73 Å². The number of hydrogen-bond acceptors (Lipinski definition) is 4. The average Bonchev–Trinajstić information content (AvgIpc) is 2.55. The second-order valence-electron chi connectivity index (χ2n) is 2.90. The zero-order valence-electron chi connectivity index (χ0n) is 7.56. The van der Waals surface area contributed by atoms with Crippen molar-refractivity contribution in [3.8, 4) is 0 Å². The lowest BCUT2D eigenvalue weighted by Crippen LogP contribution is -2.25. The van der Waals surface area contributed by atoms with Gasteiger partial charge in [-0.1, -0.05) is 0 Å². The Hall–Kier alpha value is -2.19. The Kier molecular flexibility index (Phi) is 2.04. The molecule has 0 fully saturated rings. The quantitative estimate of drug-likeness (QED) is 0.769. The van der Waals surface area contributed by atoms with Gasteiger partial charge in [0.15, 0.2) is 0 Å². The van der Waals surface area contributed by atoms with Gasteiger partial charge in [0.25, 0.3) is 5.91 Å². The topological polar surface area (TPSA) is 86.7 Å². The highest BCUT2D eigenvalue weighted by Gasteiger charge is 2.36. The highest BCUT2D eigenvalue weighted by atomic mass is 19.4. The zero-order valence-corrected chi connectivity index (χ0v) is 7.56. The standard InChI is InChI=1S/C7H4F3N5O/c8-7(9,10)15-4(6(11)16)1-3-5(15)2-12-14-13-3/h1-2H,(H2,11,16). The molecule has 0 saturated carbocycles. The second kappa shape index (κ2) is 3.15. The van der Waals surface area contributed by atoms with Crippen molar-refractivity contribution in [2.75, 3.05) is 0 Å². The molecule has 0 unspecified atom stereocenters. The Morgan fingerprint density at radius 2 is 2.12 bits per heavy atom. The molecule has 84 valence electrons. The number of nitrogens with two attached hydrogens (primary N) is 1. The average molecular weight is 231 g/mol. The molecule has 0 aliphatic carbocycles. The molecule has 2 heterocycles. The van der Waals surface area contributed by atoms with E-state index in [1.807, 2.05) is 0 Å². The van der Waals surface area contributed by atoms with Crippen LogP contribution >= 0.6 is 0 Å². The predicted octanol–water partition coefficient (Wildman–Crippen LogP) is 0.401. The van der Waals surface area contributed by atoms with E-state index < -0.39 is 17.9 Å². The first kappa shape index (κ1) is 10.3. The molecule has 9 heteroatoms. The van der Waals surface area contributed by atoms with Crippen molar-refractivity contribution < 1.29 is 18.0 Å². The summed E-state index contributed by atoms with van der Waals surface area (Å²) in [5.74, 6) is -1.20. The number of nitrogens with zero attached hydrogens (tertiary/aromatic N) is 4. The molecule has 0 bridgehead atoms. The Balaban J connectivity index is 2.85. The molecule has 2 rings (SSSR count). The predicted molar refractivity (Wildman–Crippen MR) is 45.1 cm³/mol. The number of carbonyl (C=O) groups excluding carboxylic acids is 1. The maximum atomic E-state index is 12.7. The van der Waals surface area contributed by atoms with Crippen LogP contribution in [-0.2, 0) is 6.30 Å². The van der Waals surface area contributed by atoms with Gasteiger partial charge in [-0.15, -0.1) is 23.4 Å². The van der Waals surface area contributed by atoms with Gasteiger partial charge in [-0.2, -0.15) is 0 Å². The Morgan fingerprint density at radius 1 is 1.44 bits per heavy atom. The van der Waals surface area contributed by atoms with Crippen LogP contribution in [0.2, 0.25) is 0 Å². The number of alkyl halides is 3. The maximum Gasteiger partial charge on any atom is 0.489 e. The van der Waals surface area contributed by atoms with E-state index in [0.29, 0.717) is 0 Å². The molecule has 1 amide bonds. The first-order valence-corrected chi connectivity index (χ1v) is 3.98. The van der Waals surface area contributed by atoms with Crippen LogP contribution in [0.15, 0.2) is 12.3 Å². The van der Waals surface area contributed by atoms with Gasteiger partial charge in [-0.3, -0.25) is 4.79 Å². The molecule has 2 aromatic rings. The summed E-state index contributed by atoms with van der Waals surface area (Å²) in [6.07, 6.45) is -3.90. The zero-order chi connectivity index (χ0) is 11.9. The summed E-state index contributed by atoms with van der Waals surface area (Å²) in [7, 11) is 0. The third-order valence-corrected chi connectivity index (χ3v) is 1.91. The first-order chi connectivity index (χ1) is 7.41. The normalized spacial score (nSPS) is 11.9. The molecule has 6 nitrogen and oxygen atoms in total. The summed E-state index contributed by atoms with van der Waals surface area (Å²) < 4.78 is 37.8. The van der Waals surface area contributed by atoms with Crippen molar-refractivity contribution >= 4 is 16.9 Å². The number of rotatable bonds is 1. The third kappa shape index (κ3) is 1.45. The van der Waals surface area contributed by atoms with Crippen molar-refractivity contribution in [1.29, 1.82) is 0 Å². The summed E-state index contributed by atoms with van der Waals surface area (Å²) in [5, 5.41) is 9.77. The lowest BCUT2D eigenvalue weighted by atomic mass is 10.4. The van der Waals surface area contributed by atoms with Crippen molar-refractivity contribution in [1.82, 2.24) is 20.0 Å². The monoisotopic (exact) mass is 231 g/mol. The van der Waals surface area contributed by atoms with Crippen LogP contribution in [-0.4, -0.2) is 25.9 Å². The number of fused-ring (bicyclic) bond motifs is 1. The van der Waals surface area contributed by atoms with Gasteiger partial charge in [0.05, 0.1) is 11.7 Å².